The number of carbonyl (C=O) groups excluding carboxylic acids is 1. The molecule has 1 saturated heterocycles. The molecule has 2 heterocycles. The lowest BCUT2D eigenvalue weighted by atomic mass is 9.89. The van der Waals surface area contributed by atoms with Crippen LogP contribution in [0.1, 0.15) is 63.4 Å². The maximum Gasteiger partial charge on any atom is 0.220 e. The molecule has 1 saturated carbocycles. The largest absolute Gasteiger partial charge is 0.393 e. The van der Waals surface area contributed by atoms with Crippen molar-refractivity contribution in [1.82, 2.24) is 9.88 Å². The highest BCUT2D eigenvalue weighted by Gasteiger charge is 2.30. The van der Waals surface area contributed by atoms with E-state index in [0.717, 1.165) is 59.8 Å². The van der Waals surface area contributed by atoms with Gasteiger partial charge in [-0.25, -0.2) is 9.37 Å². The third-order valence-corrected chi connectivity index (χ3v) is 7.54. The lowest BCUT2D eigenvalue weighted by molar-refractivity contribution is -0.129. The number of amides is 1. The van der Waals surface area contributed by atoms with E-state index < -0.39 is 0 Å². The van der Waals surface area contributed by atoms with Crippen LogP contribution in [0.15, 0.2) is 41.8 Å². The van der Waals surface area contributed by atoms with E-state index in [9.17, 15) is 9.18 Å². The van der Waals surface area contributed by atoms with Crippen LogP contribution in [0.25, 0.3) is 22.0 Å². The summed E-state index contributed by atoms with van der Waals surface area (Å²) in [6, 6.07) is 10.8. The van der Waals surface area contributed by atoms with Crippen LogP contribution in [0, 0.1) is 11.7 Å². The Hall–Kier alpha value is -2.31. The van der Waals surface area contributed by atoms with Crippen molar-refractivity contribution in [3.63, 3.8) is 0 Å². The van der Waals surface area contributed by atoms with Crippen molar-refractivity contribution in [2.75, 3.05) is 6.54 Å². The normalized spacial score (nSPS) is 23.1. The first-order chi connectivity index (χ1) is 15.4. The smallest absolute Gasteiger partial charge is 0.220 e. The van der Waals surface area contributed by atoms with Gasteiger partial charge < -0.3 is 10.0 Å². The Labute approximate surface area is 193 Å². The van der Waals surface area contributed by atoms with Gasteiger partial charge in [0.15, 0.2) is 0 Å². The van der Waals surface area contributed by atoms with Crippen LogP contribution in [-0.2, 0) is 4.79 Å². The van der Waals surface area contributed by atoms with Gasteiger partial charge in [-0.15, -0.1) is 11.3 Å². The lowest BCUT2D eigenvalue weighted by Gasteiger charge is -2.21. The van der Waals surface area contributed by atoms with Gasteiger partial charge in [-0.2, -0.15) is 0 Å². The third-order valence-electron chi connectivity index (χ3n) is 6.60. The molecule has 3 aromatic rings. The second kappa shape index (κ2) is 10.1. The summed E-state index contributed by atoms with van der Waals surface area (Å²) >= 11 is 1.58. The maximum absolute atomic E-state index is 14.0. The van der Waals surface area contributed by atoms with Crippen LogP contribution in [0.2, 0.25) is 0 Å². The first kappa shape index (κ1) is 22.9. The Morgan fingerprint density at radius 3 is 2.50 bits per heavy atom. The molecule has 1 unspecified atom stereocenters. The summed E-state index contributed by atoms with van der Waals surface area (Å²) in [4.78, 5) is 18.5. The summed E-state index contributed by atoms with van der Waals surface area (Å²) in [6.07, 6.45) is 6.49. The van der Waals surface area contributed by atoms with Gasteiger partial charge in [0.1, 0.15) is 10.8 Å². The molecule has 0 spiro atoms. The van der Waals surface area contributed by atoms with Crippen LogP contribution < -0.4 is 0 Å². The molecule has 1 N–H and O–H groups in total. The van der Waals surface area contributed by atoms with Crippen molar-refractivity contribution in [2.24, 2.45) is 5.92 Å². The molecule has 1 atom stereocenters. The average Bonchev–Trinajstić information content (AvgIpc) is 3.46. The Morgan fingerprint density at radius 1 is 1.09 bits per heavy atom. The Morgan fingerprint density at radius 2 is 1.81 bits per heavy atom. The van der Waals surface area contributed by atoms with Gasteiger partial charge >= 0.3 is 0 Å². The number of halogens is 1. The van der Waals surface area contributed by atoms with Gasteiger partial charge in [0, 0.05) is 29.8 Å². The van der Waals surface area contributed by atoms with Crippen LogP contribution in [0.4, 0.5) is 4.39 Å². The van der Waals surface area contributed by atoms with Crippen LogP contribution in [0.3, 0.4) is 0 Å². The highest BCUT2D eigenvalue weighted by Crippen LogP contribution is 2.37. The predicted octanol–water partition coefficient (Wildman–Crippen LogP) is 6.34. The number of likely N-dealkylation sites (tertiary alicyclic amines) is 1. The first-order valence-electron chi connectivity index (χ1n) is 11.5. The molecular weight excluding hydrogens is 423 g/mol. The standard InChI is InChI=1S/C19H17FN2OS.C7H14O/c1-12(23)22-10-4-7-18(22)19-21-17(11-24-19)15-8-9-16(20)14-6-3-2-5-13(14)15;1-6-2-4-7(8)5-3-6/h2-3,5-6,8-9,11,18H,4,7,10H2,1H3;6-8H,2-5H2,1H3. The summed E-state index contributed by atoms with van der Waals surface area (Å²) in [5.74, 6) is 0.739. The molecule has 1 aromatic heterocycles. The molecule has 2 aromatic carbocycles. The molecule has 170 valence electrons. The molecular formula is C26H31FN2O2S. The molecule has 2 fully saturated rings. The first-order valence-corrected chi connectivity index (χ1v) is 12.4. The molecule has 2 aliphatic rings. The second-order valence-corrected chi connectivity index (χ2v) is 9.89. The van der Waals surface area contributed by atoms with E-state index in [4.69, 9.17) is 10.1 Å². The van der Waals surface area contributed by atoms with Crippen molar-refractivity contribution in [1.29, 1.82) is 0 Å². The minimum absolute atomic E-state index is 0.0196. The SMILES string of the molecule is CC(=O)N1CCCC1c1nc(-c2ccc(F)c3ccccc23)cs1.CC1CCC(O)CC1. The Bertz CT molecular complexity index is 1060. The van der Waals surface area contributed by atoms with Gasteiger partial charge in [-0.1, -0.05) is 31.2 Å². The van der Waals surface area contributed by atoms with Gasteiger partial charge in [0.2, 0.25) is 5.91 Å². The highest BCUT2D eigenvalue weighted by atomic mass is 32.1. The van der Waals surface area contributed by atoms with Crippen LogP contribution in [0.5, 0.6) is 0 Å². The summed E-state index contributed by atoms with van der Waals surface area (Å²) in [5.41, 5.74) is 1.78. The minimum Gasteiger partial charge on any atom is -0.393 e. The maximum atomic E-state index is 14.0. The fourth-order valence-electron chi connectivity index (χ4n) is 4.69. The van der Waals surface area contributed by atoms with E-state index >= 15 is 0 Å². The third kappa shape index (κ3) is 5.02. The number of nitrogens with zero attached hydrogens (tertiary/aromatic N) is 2. The van der Waals surface area contributed by atoms with E-state index in [-0.39, 0.29) is 23.9 Å². The molecule has 0 bridgehead atoms. The molecule has 1 aliphatic carbocycles. The second-order valence-electron chi connectivity index (χ2n) is 9.00. The van der Waals surface area contributed by atoms with Crippen molar-refractivity contribution in [2.45, 2.75) is 64.5 Å². The molecule has 4 nitrogen and oxygen atoms in total. The van der Waals surface area contributed by atoms with E-state index in [1.807, 2.05) is 28.5 Å². The monoisotopic (exact) mass is 454 g/mol. The lowest BCUT2D eigenvalue weighted by Crippen LogP contribution is -2.27. The fraction of sp³-hybridized carbons (Fsp3) is 0.462. The van der Waals surface area contributed by atoms with Crippen molar-refractivity contribution < 1.29 is 14.3 Å². The average molecular weight is 455 g/mol. The molecule has 1 aliphatic heterocycles. The molecule has 6 heteroatoms. The zero-order chi connectivity index (χ0) is 22.7. The Balaban J connectivity index is 0.000000260. The number of aromatic nitrogens is 1. The van der Waals surface area contributed by atoms with Gasteiger partial charge in [0.25, 0.3) is 0 Å². The minimum atomic E-state index is -0.219. The summed E-state index contributed by atoms with van der Waals surface area (Å²) < 4.78 is 14.0. The van der Waals surface area contributed by atoms with E-state index in [0.29, 0.717) is 5.39 Å². The number of benzene rings is 2. The topological polar surface area (TPSA) is 53.4 Å². The van der Waals surface area contributed by atoms with E-state index in [2.05, 4.69) is 6.92 Å². The van der Waals surface area contributed by atoms with Crippen molar-refractivity contribution >= 4 is 28.0 Å². The molecule has 0 radical (unpaired) electrons. The number of thiazole rings is 1. The van der Waals surface area contributed by atoms with E-state index in [1.165, 1.54) is 18.9 Å². The molecule has 1 amide bonds. The summed E-state index contributed by atoms with van der Waals surface area (Å²) in [5, 5.41) is 13.5. The highest BCUT2D eigenvalue weighted by molar-refractivity contribution is 7.10. The van der Waals surface area contributed by atoms with Gasteiger partial charge in [-0.3, -0.25) is 4.79 Å². The van der Waals surface area contributed by atoms with Crippen molar-refractivity contribution in [3.8, 4) is 11.3 Å². The number of hydrogen-bond acceptors (Lipinski definition) is 4. The molecule has 32 heavy (non-hydrogen) atoms. The van der Waals surface area contributed by atoms with Crippen LogP contribution >= 0.6 is 11.3 Å². The van der Waals surface area contributed by atoms with Crippen LogP contribution in [-0.4, -0.2) is 33.5 Å². The summed E-state index contributed by atoms with van der Waals surface area (Å²) in [6.45, 7) is 4.67. The number of rotatable bonds is 2. The van der Waals surface area contributed by atoms with Gasteiger partial charge in [0.05, 0.1) is 17.8 Å². The Kier molecular flexibility index (Phi) is 7.21. The molecule has 5 rings (SSSR count). The number of fused-ring (bicyclic) bond motifs is 1. The fourth-order valence-corrected chi connectivity index (χ4v) is 5.66. The van der Waals surface area contributed by atoms with E-state index in [1.54, 1.807) is 30.4 Å². The number of aliphatic hydroxyl groups is 1. The number of carbonyl (C=O) groups is 1. The summed E-state index contributed by atoms with van der Waals surface area (Å²) in [7, 11) is 0. The predicted molar refractivity (Wildman–Crippen MR) is 128 cm³/mol. The quantitative estimate of drug-likeness (QED) is 0.491. The number of hydrogen-bond donors (Lipinski definition) is 1. The number of aliphatic hydroxyl groups excluding tert-OH is 1. The zero-order valence-corrected chi connectivity index (χ0v) is 19.6. The zero-order valence-electron chi connectivity index (χ0n) is 18.8. The van der Waals surface area contributed by atoms with Crippen molar-refractivity contribution in [3.05, 3.63) is 52.6 Å². The van der Waals surface area contributed by atoms with Gasteiger partial charge in [-0.05, 0) is 62.0 Å².